The maximum absolute atomic E-state index is 12.3. The number of rotatable bonds is 2. The van der Waals surface area contributed by atoms with Gasteiger partial charge in [-0.05, 0) is 17.7 Å². The standard InChI is InChI=1S/C10H7F3N4/c11-10(12,13)9-3-1-8(2-4-9)5-16-17-6-14-15-7-17/h1-7H/b16-5+. The molecule has 0 fully saturated rings. The molecule has 0 spiro atoms. The zero-order chi connectivity index (χ0) is 12.3. The van der Waals surface area contributed by atoms with Gasteiger partial charge in [-0.15, -0.1) is 10.2 Å². The Kier molecular flexibility index (Phi) is 2.90. The Balaban J connectivity index is 2.14. The van der Waals surface area contributed by atoms with Crippen LogP contribution in [0, 0.1) is 0 Å². The van der Waals surface area contributed by atoms with E-state index in [2.05, 4.69) is 15.3 Å². The molecule has 0 N–H and O–H groups in total. The zero-order valence-electron chi connectivity index (χ0n) is 8.46. The highest BCUT2D eigenvalue weighted by Crippen LogP contribution is 2.28. The third kappa shape index (κ3) is 2.90. The third-order valence-electron chi connectivity index (χ3n) is 1.98. The van der Waals surface area contributed by atoms with Gasteiger partial charge in [-0.1, -0.05) is 12.1 Å². The normalized spacial score (nSPS) is 12.2. The van der Waals surface area contributed by atoms with Crippen molar-refractivity contribution in [3.63, 3.8) is 0 Å². The van der Waals surface area contributed by atoms with E-state index >= 15 is 0 Å². The minimum atomic E-state index is -4.32. The number of hydrogen-bond donors (Lipinski definition) is 0. The summed E-state index contributed by atoms with van der Waals surface area (Å²) in [5.41, 5.74) is -0.120. The molecular formula is C10H7F3N4. The van der Waals surface area contributed by atoms with Gasteiger partial charge in [0.25, 0.3) is 0 Å². The second-order valence-corrected chi connectivity index (χ2v) is 3.21. The van der Waals surface area contributed by atoms with Crippen molar-refractivity contribution in [1.29, 1.82) is 0 Å². The zero-order valence-corrected chi connectivity index (χ0v) is 8.46. The topological polar surface area (TPSA) is 43.1 Å². The number of nitrogens with zero attached hydrogens (tertiary/aromatic N) is 4. The highest BCUT2D eigenvalue weighted by atomic mass is 19.4. The van der Waals surface area contributed by atoms with Crippen LogP contribution in [0.4, 0.5) is 13.2 Å². The lowest BCUT2D eigenvalue weighted by Gasteiger charge is -2.05. The number of hydrogen-bond acceptors (Lipinski definition) is 3. The predicted molar refractivity (Wildman–Crippen MR) is 54.5 cm³/mol. The van der Waals surface area contributed by atoms with Crippen molar-refractivity contribution in [1.82, 2.24) is 14.9 Å². The molecule has 2 rings (SSSR count). The molecule has 0 aliphatic heterocycles. The van der Waals surface area contributed by atoms with Crippen LogP contribution in [0.2, 0.25) is 0 Å². The smallest absolute Gasteiger partial charge is 0.208 e. The summed E-state index contributed by atoms with van der Waals surface area (Å²) >= 11 is 0. The van der Waals surface area contributed by atoms with E-state index in [-0.39, 0.29) is 0 Å². The molecule has 0 amide bonds. The van der Waals surface area contributed by atoms with Crippen LogP contribution >= 0.6 is 0 Å². The fourth-order valence-corrected chi connectivity index (χ4v) is 1.15. The van der Waals surface area contributed by atoms with Crippen LogP contribution < -0.4 is 0 Å². The van der Waals surface area contributed by atoms with Gasteiger partial charge in [-0.3, -0.25) is 0 Å². The molecule has 0 bridgehead atoms. The van der Waals surface area contributed by atoms with Crippen molar-refractivity contribution in [2.75, 3.05) is 0 Å². The Labute approximate surface area is 94.4 Å². The molecule has 0 saturated heterocycles. The second-order valence-electron chi connectivity index (χ2n) is 3.21. The molecule has 1 heterocycles. The molecule has 0 atom stereocenters. The van der Waals surface area contributed by atoms with Crippen LogP contribution in [0.1, 0.15) is 11.1 Å². The van der Waals surface area contributed by atoms with Crippen molar-refractivity contribution in [2.24, 2.45) is 5.10 Å². The van der Waals surface area contributed by atoms with Crippen LogP contribution in [-0.4, -0.2) is 21.1 Å². The Morgan fingerprint density at radius 2 is 1.65 bits per heavy atom. The van der Waals surface area contributed by atoms with Crippen molar-refractivity contribution in [3.8, 4) is 0 Å². The molecular weight excluding hydrogens is 233 g/mol. The molecule has 7 heteroatoms. The van der Waals surface area contributed by atoms with Crippen LogP contribution in [-0.2, 0) is 6.18 Å². The van der Waals surface area contributed by atoms with Gasteiger partial charge in [-0.2, -0.15) is 18.3 Å². The number of aromatic nitrogens is 3. The SMILES string of the molecule is FC(F)(F)c1ccc(/C=N/n2cnnc2)cc1. The van der Waals surface area contributed by atoms with E-state index in [1.54, 1.807) is 0 Å². The van der Waals surface area contributed by atoms with Gasteiger partial charge in [-0.25, -0.2) is 4.68 Å². The third-order valence-corrected chi connectivity index (χ3v) is 1.98. The highest BCUT2D eigenvalue weighted by Gasteiger charge is 2.29. The first-order valence-corrected chi connectivity index (χ1v) is 4.62. The monoisotopic (exact) mass is 240 g/mol. The van der Waals surface area contributed by atoms with E-state index in [1.807, 2.05) is 0 Å². The second kappa shape index (κ2) is 4.36. The highest BCUT2D eigenvalue weighted by molar-refractivity contribution is 5.79. The van der Waals surface area contributed by atoms with E-state index in [0.29, 0.717) is 5.56 Å². The van der Waals surface area contributed by atoms with Gasteiger partial charge >= 0.3 is 6.18 Å². The Hall–Kier alpha value is -2.18. The van der Waals surface area contributed by atoms with Gasteiger partial charge < -0.3 is 0 Å². The summed E-state index contributed by atoms with van der Waals surface area (Å²) in [7, 11) is 0. The first-order chi connectivity index (χ1) is 8.05. The number of halogens is 3. The Bertz CT molecular complexity index is 499. The van der Waals surface area contributed by atoms with Gasteiger partial charge in [0.1, 0.15) is 12.7 Å². The first kappa shape index (κ1) is 11.3. The molecule has 0 aliphatic carbocycles. The van der Waals surface area contributed by atoms with E-state index in [4.69, 9.17) is 0 Å². The minimum Gasteiger partial charge on any atom is -0.208 e. The van der Waals surface area contributed by atoms with E-state index in [9.17, 15) is 13.2 Å². The van der Waals surface area contributed by atoms with Crippen molar-refractivity contribution in [3.05, 3.63) is 48.0 Å². The van der Waals surface area contributed by atoms with E-state index < -0.39 is 11.7 Å². The lowest BCUT2D eigenvalue weighted by Crippen LogP contribution is -2.04. The predicted octanol–water partition coefficient (Wildman–Crippen LogP) is 2.18. The van der Waals surface area contributed by atoms with Crippen molar-refractivity contribution >= 4 is 6.21 Å². The summed E-state index contributed by atoms with van der Waals surface area (Å²) in [4.78, 5) is 0. The molecule has 4 nitrogen and oxygen atoms in total. The number of benzene rings is 1. The Morgan fingerprint density at radius 1 is 1.06 bits per heavy atom. The minimum absolute atomic E-state index is 0.562. The van der Waals surface area contributed by atoms with Crippen LogP contribution in [0.15, 0.2) is 42.0 Å². The van der Waals surface area contributed by atoms with E-state index in [0.717, 1.165) is 12.1 Å². The average molecular weight is 240 g/mol. The Morgan fingerprint density at radius 3 is 2.18 bits per heavy atom. The molecule has 88 valence electrons. The summed E-state index contributed by atoms with van der Waals surface area (Å²) in [6.07, 6.45) is -0.144. The van der Waals surface area contributed by atoms with Gasteiger partial charge in [0.05, 0.1) is 11.8 Å². The van der Waals surface area contributed by atoms with Gasteiger partial charge in [0.2, 0.25) is 0 Å². The quantitative estimate of drug-likeness (QED) is 0.755. The summed E-state index contributed by atoms with van der Waals surface area (Å²) in [5, 5.41) is 11.0. The maximum atomic E-state index is 12.3. The van der Waals surface area contributed by atoms with Crippen molar-refractivity contribution in [2.45, 2.75) is 6.18 Å². The molecule has 2 aromatic rings. The molecule has 0 aliphatic rings. The van der Waals surface area contributed by atoms with Gasteiger partial charge in [0.15, 0.2) is 0 Å². The summed E-state index contributed by atoms with van der Waals surface area (Å²) < 4.78 is 38.2. The molecule has 1 aromatic carbocycles. The summed E-state index contributed by atoms with van der Waals surface area (Å²) in [5.74, 6) is 0. The largest absolute Gasteiger partial charge is 0.416 e. The summed E-state index contributed by atoms with van der Waals surface area (Å²) in [6.45, 7) is 0. The molecule has 0 unspecified atom stereocenters. The van der Waals surface area contributed by atoms with Crippen molar-refractivity contribution < 1.29 is 13.2 Å². The molecule has 17 heavy (non-hydrogen) atoms. The average Bonchev–Trinajstić information content (AvgIpc) is 2.78. The fourth-order valence-electron chi connectivity index (χ4n) is 1.15. The number of alkyl halides is 3. The molecule has 0 radical (unpaired) electrons. The maximum Gasteiger partial charge on any atom is 0.416 e. The fraction of sp³-hybridized carbons (Fsp3) is 0.100. The van der Waals surface area contributed by atoms with Crippen LogP contribution in [0.25, 0.3) is 0 Å². The summed E-state index contributed by atoms with van der Waals surface area (Å²) in [6, 6.07) is 4.70. The van der Waals surface area contributed by atoms with Gasteiger partial charge in [0, 0.05) is 0 Å². The first-order valence-electron chi connectivity index (χ1n) is 4.62. The molecule has 0 saturated carbocycles. The lowest BCUT2D eigenvalue weighted by atomic mass is 10.1. The van der Waals surface area contributed by atoms with Crippen LogP contribution in [0.5, 0.6) is 0 Å². The van der Waals surface area contributed by atoms with Crippen LogP contribution in [0.3, 0.4) is 0 Å². The molecule has 1 aromatic heterocycles. The van der Waals surface area contributed by atoms with E-state index in [1.165, 1.54) is 35.7 Å². The lowest BCUT2D eigenvalue weighted by molar-refractivity contribution is -0.137.